The number of benzene rings is 1. The van der Waals surface area contributed by atoms with Crippen LogP contribution in [0, 0.1) is 0 Å². The summed E-state index contributed by atoms with van der Waals surface area (Å²) in [6.45, 7) is 3.83. The first-order chi connectivity index (χ1) is 7.36. The van der Waals surface area contributed by atoms with Crippen molar-refractivity contribution in [3.63, 3.8) is 0 Å². The molecule has 0 aromatic heterocycles. The molecule has 2 N–H and O–H groups in total. The number of hydrogen-bond donors (Lipinski definition) is 1. The van der Waals surface area contributed by atoms with Crippen LogP contribution in [0.2, 0.25) is 0 Å². The minimum Gasteiger partial charge on any atom is -0.399 e. The van der Waals surface area contributed by atoms with Crippen molar-refractivity contribution in [2.45, 2.75) is 24.8 Å². The number of nitrogen functional groups attached to an aromatic ring is 1. The first-order valence-electron chi connectivity index (χ1n) is 5.15. The zero-order valence-corrected chi connectivity index (χ0v) is 11.0. The smallest absolute Gasteiger partial charge is 0.139 e. The number of nitrogens with zero attached hydrogens (tertiary/aromatic N) is 2. The topological polar surface area (TPSA) is 58.7 Å². The second kappa shape index (κ2) is 4.84. The van der Waals surface area contributed by atoms with Crippen molar-refractivity contribution in [2.75, 3.05) is 19.8 Å². The van der Waals surface area contributed by atoms with Gasteiger partial charge in [-0.1, -0.05) is 0 Å². The molecular weight excluding hydrogens is 222 g/mol. The molecule has 1 atom stereocenters. The molecule has 0 aliphatic rings. The Hall–Kier alpha value is -1.07. The summed E-state index contributed by atoms with van der Waals surface area (Å²) < 4.78 is 18.7. The monoisotopic (exact) mass is 241 g/mol. The second-order valence-corrected chi connectivity index (χ2v) is 6.48. The quantitative estimate of drug-likeness (QED) is 0.823. The summed E-state index contributed by atoms with van der Waals surface area (Å²) in [7, 11) is 1.04. The van der Waals surface area contributed by atoms with Crippen molar-refractivity contribution >= 4 is 15.6 Å². The predicted molar refractivity (Wildman–Crippen MR) is 68.5 cm³/mol. The van der Waals surface area contributed by atoms with E-state index in [-0.39, 0.29) is 6.04 Å². The third kappa shape index (κ3) is 2.74. The lowest BCUT2D eigenvalue weighted by Crippen LogP contribution is -2.23. The minimum absolute atomic E-state index is 0.0208. The van der Waals surface area contributed by atoms with E-state index in [1.807, 2.05) is 13.8 Å². The van der Waals surface area contributed by atoms with Crippen LogP contribution in [-0.2, 0) is 9.92 Å². The van der Waals surface area contributed by atoms with Crippen LogP contribution < -0.4 is 5.73 Å². The summed E-state index contributed by atoms with van der Waals surface area (Å²) in [5, 5.41) is 0. The average Bonchev–Trinajstić information content (AvgIpc) is 2.17. The Labute approximate surface area is 97.8 Å². The van der Waals surface area contributed by atoms with Gasteiger partial charge in [-0.3, -0.25) is 0 Å². The van der Waals surface area contributed by atoms with E-state index in [0.29, 0.717) is 10.6 Å². The zero-order valence-electron chi connectivity index (χ0n) is 10.2. The van der Waals surface area contributed by atoms with Crippen molar-refractivity contribution in [3.05, 3.63) is 24.3 Å². The molecule has 0 aliphatic carbocycles. The van der Waals surface area contributed by atoms with E-state index in [4.69, 9.17) is 5.73 Å². The second-order valence-electron chi connectivity index (χ2n) is 4.08. The molecule has 0 radical (unpaired) electrons. The van der Waals surface area contributed by atoms with Crippen LogP contribution in [0.3, 0.4) is 0 Å². The molecule has 0 spiro atoms. The number of rotatable bonds is 3. The van der Waals surface area contributed by atoms with Gasteiger partial charge in [0.1, 0.15) is 9.92 Å². The summed E-state index contributed by atoms with van der Waals surface area (Å²) >= 11 is 0. The van der Waals surface area contributed by atoms with Crippen molar-refractivity contribution in [1.29, 1.82) is 0 Å². The standard InChI is InChI=1S/C11H19N3OS/c1-9(2)13-16(15,14(3)4)11-7-5-10(12)6-8-11/h5-9H,12H2,1-4H3. The highest BCUT2D eigenvalue weighted by Gasteiger charge is 2.15. The van der Waals surface area contributed by atoms with E-state index in [9.17, 15) is 4.21 Å². The Morgan fingerprint density at radius 2 is 1.75 bits per heavy atom. The first-order valence-corrected chi connectivity index (χ1v) is 6.63. The van der Waals surface area contributed by atoms with Gasteiger partial charge in [-0.25, -0.2) is 12.9 Å². The Balaban J connectivity index is 3.34. The molecule has 1 rings (SSSR count). The highest BCUT2D eigenvalue weighted by Crippen LogP contribution is 2.18. The summed E-state index contributed by atoms with van der Waals surface area (Å²) in [5.74, 6) is 0. The summed E-state index contributed by atoms with van der Waals surface area (Å²) in [6, 6.07) is 7.04. The number of nitrogens with two attached hydrogens (primary N) is 1. The van der Waals surface area contributed by atoms with E-state index in [1.54, 1.807) is 42.7 Å². The normalized spacial score (nSPS) is 15.1. The number of anilines is 1. The Morgan fingerprint density at radius 3 is 2.12 bits per heavy atom. The van der Waals surface area contributed by atoms with Gasteiger partial charge in [0.15, 0.2) is 0 Å². The first kappa shape index (κ1) is 13.0. The lowest BCUT2D eigenvalue weighted by Gasteiger charge is -2.18. The summed E-state index contributed by atoms with van der Waals surface area (Å²) in [6.07, 6.45) is 0. The van der Waals surface area contributed by atoms with Crippen LogP contribution in [0.5, 0.6) is 0 Å². The maximum atomic E-state index is 12.7. The van der Waals surface area contributed by atoms with E-state index >= 15 is 0 Å². The molecule has 0 fully saturated rings. The Bertz CT molecular complexity index is 457. The van der Waals surface area contributed by atoms with Crippen LogP contribution in [0.15, 0.2) is 33.5 Å². The van der Waals surface area contributed by atoms with Crippen LogP contribution in [0.4, 0.5) is 5.69 Å². The van der Waals surface area contributed by atoms with E-state index in [0.717, 1.165) is 0 Å². The lowest BCUT2D eigenvalue weighted by atomic mass is 10.3. The molecule has 1 aromatic rings. The molecule has 0 aliphatic heterocycles. The van der Waals surface area contributed by atoms with Crippen LogP contribution in [-0.4, -0.2) is 28.7 Å². The fourth-order valence-corrected chi connectivity index (χ4v) is 3.09. The van der Waals surface area contributed by atoms with Gasteiger partial charge in [-0.05, 0) is 38.1 Å². The van der Waals surface area contributed by atoms with Gasteiger partial charge < -0.3 is 5.73 Å². The van der Waals surface area contributed by atoms with Gasteiger partial charge in [0.05, 0.1) is 10.9 Å². The molecule has 0 saturated carbocycles. The molecule has 0 bridgehead atoms. The molecule has 0 saturated heterocycles. The van der Waals surface area contributed by atoms with Crippen LogP contribution >= 0.6 is 0 Å². The highest BCUT2D eigenvalue weighted by molar-refractivity contribution is 7.91. The molecule has 0 heterocycles. The van der Waals surface area contributed by atoms with Gasteiger partial charge in [0.25, 0.3) is 0 Å². The fraction of sp³-hybridized carbons (Fsp3) is 0.455. The summed E-state index contributed by atoms with van der Waals surface area (Å²) in [4.78, 5) is 0.695. The molecule has 1 aromatic carbocycles. The van der Waals surface area contributed by atoms with E-state index in [2.05, 4.69) is 4.36 Å². The van der Waals surface area contributed by atoms with Gasteiger partial charge in [-0.2, -0.15) is 0 Å². The SMILES string of the molecule is CC(C)N=S(=O)(c1ccc(N)cc1)N(C)C. The fourth-order valence-electron chi connectivity index (χ4n) is 1.30. The molecule has 0 amide bonds. The molecule has 5 heteroatoms. The minimum atomic E-state index is -2.50. The third-order valence-electron chi connectivity index (χ3n) is 2.04. The molecule has 16 heavy (non-hydrogen) atoms. The highest BCUT2D eigenvalue weighted by atomic mass is 32.2. The number of hydrogen-bond acceptors (Lipinski definition) is 3. The van der Waals surface area contributed by atoms with Gasteiger partial charge >= 0.3 is 0 Å². The maximum absolute atomic E-state index is 12.7. The predicted octanol–water partition coefficient (Wildman–Crippen LogP) is 1.98. The molecule has 90 valence electrons. The van der Waals surface area contributed by atoms with Gasteiger partial charge in [0, 0.05) is 19.8 Å². The van der Waals surface area contributed by atoms with Gasteiger partial charge in [-0.15, -0.1) is 0 Å². The van der Waals surface area contributed by atoms with Crippen LogP contribution in [0.1, 0.15) is 13.8 Å². The van der Waals surface area contributed by atoms with Gasteiger partial charge in [0.2, 0.25) is 0 Å². The average molecular weight is 241 g/mol. The lowest BCUT2D eigenvalue weighted by molar-refractivity contribution is 0.585. The van der Waals surface area contributed by atoms with Crippen molar-refractivity contribution in [1.82, 2.24) is 4.31 Å². The Morgan fingerprint density at radius 1 is 1.25 bits per heavy atom. The Kier molecular flexibility index (Phi) is 3.93. The molecular formula is C11H19N3OS. The maximum Gasteiger partial charge on any atom is 0.139 e. The van der Waals surface area contributed by atoms with Crippen molar-refractivity contribution in [2.24, 2.45) is 4.36 Å². The van der Waals surface area contributed by atoms with Crippen molar-refractivity contribution < 1.29 is 4.21 Å². The largest absolute Gasteiger partial charge is 0.399 e. The summed E-state index contributed by atoms with van der Waals surface area (Å²) in [5.41, 5.74) is 6.27. The zero-order chi connectivity index (χ0) is 12.3. The van der Waals surface area contributed by atoms with Crippen LogP contribution in [0.25, 0.3) is 0 Å². The van der Waals surface area contributed by atoms with Crippen molar-refractivity contribution in [3.8, 4) is 0 Å². The third-order valence-corrected chi connectivity index (χ3v) is 4.62. The van der Waals surface area contributed by atoms with E-state index < -0.39 is 9.92 Å². The van der Waals surface area contributed by atoms with E-state index in [1.165, 1.54) is 0 Å². The molecule has 1 unspecified atom stereocenters. The molecule has 4 nitrogen and oxygen atoms in total.